The Hall–Kier alpha value is -3.14. The topological polar surface area (TPSA) is 101 Å². The van der Waals surface area contributed by atoms with Gasteiger partial charge in [-0.15, -0.1) is 0 Å². The summed E-state index contributed by atoms with van der Waals surface area (Å²) in [7, 11) is 0.629. The molecule has 0 radical (unpaired) electrons. The average molecular weight is 579 g/mol. The van der Waals surface area contributed by atoms with Crippen LogP contribution in [0.15, 0.2) is 53.8 Å². The van der Waals surface area contributed by atoms with E-state index in [-0.39, 0.29) is 15.7 Å². The number of nitrogens with one attached hydrogen (secondary N) is 1. The lowest BCUT2D eigenvalue weighted by molar-refractivity contribution is 0.221. The largest absolute Gasteiger partial charge is 0.351 e. The van der Waals surface area contributed by atoms with E-state index in [2.05, 4.69) is 58.3 Å². The molecular formula is C30H35ClN6O2S. The van der Waals surface area contributed by atoms with Crippen molar-refractivity contribution in [1.29, 1.82) is 0 Å². The maximum Gasteiger partial charge on any atom is 0.223 e. The van der Waals surface area contributed by atoms with Crippen LogP contribution in [-0.2, 0) is 22.0 Å². The van der Waals surface area contributed by atoms with Crippen LogP contribution in [0.25, 0.3) is 22.0 Å². The molecule has 0 aliphatic heterocycles. The first-order valence-electron chi connectivity index (χ1n) is 13.7. The molecule has 3 aromatic heterocycles. The molecule has 1 N–H and O–H groups in total. The zero-order chi connectivity index (χ0) is 28.4. The van der Waals surface area contributed by atoms with Gasteiger partial charge in [-0.25, -0.2) is 18.4 Å². The van der Waals surface area contributed by atoms with E-state index < -0.39 is 9.84 Å². The summed E-state index contributed by atoms with van der Waals surface area (Å²) in [5, 5.41) is 4.69. The van der Waals surface area contributed by atoms with E-state index in [4.69, 9.17) is 16.6 Å². The highest BCUT2D eigenvalue weighted by atomic mass is 35.5. The van der Waals surface area contributed by atoms with E-state index in [1.807, 2.05) is 19.2 Å². The maximum absolute atomic E-state index is 12.9. The van der Waals surface area contributed by atoms with Crippen molar-refractivity contribution < 1.29 is 8.42 Å². The zero-order valence-corrected chi connectivity index (χ0v) is 24.9. The Morgan fingerprint density at radius 2 is 1.82 bits per heavy atom. The van der Waals surface area contributed by atoms with Crippen molar-refractivity contribution in [2.24, 2.45) is 0 Å². The molecule has 5 rings (SSSR count). The number of fused-ring (bicyclic) bond motifs is 1. The molecule has 10 heteroatoms. The summed E-state index contributed by atoms with van der Waals surface area (Å²) in [6.45, 7) is 4.02. The molecule has 1 fully saturated rings. The van der Waals surface area contributed by atoms with E-state index in [1.54, 1.807) is 6.07 Å². The smallest absolute Gasteiger partial charge is 0.223 e. The molecule has 1 aromatic carbocycles. The van der Waals surface area contributed by atoms with Crippen LogP contribution in [0, 0.1) is 6.92 Å². The quantitative estimate of drug-likeness (QED) is 0.277. The number of anilines is 1. The minimum absolute atomic E-state index is 0.0115. The summed E-state index contributed by atoms with van der Waals surface area (Å²) in [5.41, 5.74) is 5.23. The summed E-state index contributed by atoms with van der Waals surface area (Å²) in [4.78, 5) is 20.4. The van der Waals surface area contributed by atoms with Crippen LogP contribution in [0.2, 0.25) is 5.02 Å². The molecule has 1 aliphatic carbocycles. The minimum atomic E-state index is -3.68. The molecule has 1 saturated carbocycles. The molecule has 8 nitrogen and oxygen atoms in total. The zero-order valence-electron chi connectivity index (χ0n) is 23.4. The van der Waals surface area contributed by atoms with Crippen molar-refractivity contribution in [3.05, 3.63) is 70.9 Å². The van der Waals surface area contributed by atoms with Gasteiger partial charge in [-0.3, -0.25) is 9.97 Å². The first-order valence-corrected chi connectivity index (χ1v) is 15.7. The van der Waals surface area contributed by atoms with Crippen LogP contribution in [0.1, 0.15) is 49.6 Å². The number of pyridine rings is 2. The van der Waals surface area contributed by atoms with E-state index in [1.165, 1.54) is 31.3 Å². The number of hydrogen-bond acceptors (Lipinski definition) is 8. The van der Waals surface area contributed by atoms with E-state index in [0.29, 0.717) is 23.7 Å². The second kappa shape index (κ2) is 11.8. The molecule has 3 heterocycles. The third kappa shape index (κ3) is 6.11. The highest BCUT2D eigenvalue weighted by Gasteiger charge is 2.23. The summed E-state index contributed by atoms with van der Waals surface area (Å²) in [6.07, 6.45) is 10.0. The number of nitrogens with zero attached hydrogens (tertiary/aromatic N) is 5. The Morgan fingerprint density at radius 1 is 1.05 bits per heavy atom. The van der Waals surface area contributed by atoms with Crippen LogP contribution >= 0.6 is 11.6 Å². The number of halogens is 1. The van der Waals surface area contributed by atoms with Gasteiger partial charge in [0, 0.05) is 47.3 Å². The Morgan fingerprint density at radius 3 is 2.50 bits per heavy atom. The van der Waals surface area contributed by atoms with Gasteiger partial charge in [-0.1, -0.05) is 24.6 Å². The highest BCUT2D eigenvalue weighted by Crippen LogP contribution is 2.31. The summed E-state index contributed by atoms with van der Waals surface area (Å²) in [6, 6.07) is 10.4. The molecule has 0 bridgehead atoms. The molecule has 1 aliphatic rings. The van der Waals surface area contributed by atoms with E-state index in [0.717, 1.165) is 52.5 Å². The molecule has 210 valence electrons. The van der Waals surface area contributed by atoms with E-state index in [9.17, 15) is 8.42 Å². The first kappa shape index (κ1) is 28.4. The van der Waals surface area contributed by atoms with Crippen LogP contribution in [0.3, 0.4) is 0 Å². The number of sulfone groups is 1. The normalized spacial score (nSPS) is 17.9. The van der Waals surface area contributed by atoms with Crippen molar-refractivity contribution in [1.82, 2.24) is 24.8 Å². The lowest BCUT2D eigenvalue weighted by Gasteiger charge is -2.33. The third-order valence-corrected chi connectivity index (χ3v) is 9.88. The van der Waals surface area contributed by atoms with Gasteiger partial charge >= 0.3 is 0 Å². The van der Waals surface area contributed by atoms with Gasteiger partial charge in [-0.05, 0) is 88.5 Å². The lowest BCUT2D eigenvalue weighted by Crippen LogP contribution is -2.36. The van der Waals surface area contributed by atoms with Gasteiger partial charge in [0.05, 0.1) is 22.0 Å². The second-order valence-corrected chi connectivity index (χ2v) is 13.1. The fourth-order valence-corrected chi connectivity index (χ4v) is 7.25. The maximum atomic E-state index is 12.9. The monoisotopic (exact) mass is 578 g/mol. The molecule has 0 unspecified atom stereocenters. The van der Waals surface area contributed by atoms with Crippen LogP contribution in [-0.4, -0.2) is 59.4 Å². The number of benzene rings is 1. The van der Waals surface area contributed by atoms with Gasteiger partial charge in [0.15, 0.2) is 9.84 Å². The molecular weight excluding hydrogens is 544 g/mol. The van der Waals surface area contributed by atoms with Gasteiger partial charge in [-0.2, -0.15) is 0 Å². The lowest BCUT2D eigenvalue weighted by atomic mass is 9.90. The standard InChI is InChI=1S/C30H35ClN6O2S/c1-5-20-14-21(15-22-16-33-30(36-29(20)22)35-23-6-9-25(10-7-23)37(3)4)26-11-8-24(34-19(26)2)18-40(38,39)28-17-32-13-12-27(28)31/h8,11-17,23,25H,5-7,9-10,18H2,1-4H3,(H,33,35,36). The number of aromatic nitrogens is 4. The average Bonchev–Trinajstić information content (AvgIpc) is 2.93. The number of rotatable bonds is 8. The minimum Gasteiger partial charge on any atom is -0.351 e. The Kier molecular flexibility index (Phi) is 8.35. The fraction of sp³-hybridized carbons (Fsp3) is 0.400. The number of aryl methyl sites for hydroxylation is 2. The van der Waals surface area contributed by atoms with Crippen LogP contribution < -0.4 is 5.32 Å². The van der Waals surface area contributed by atoms with Gasteiger partial charge < -0.3 is 10.2 Å². The van der Waals surface area contributed by atoms with Gasteiger partial charge in [0.1, 0.15) is 4.90 Å². The van der Waals surface area contributed by atoms with Gasteiger partial charge in [0.2, 0.25) is 5.95 Å². The molecule has 0 saturated heterocycles. The van der Waals surface area contributed by atoms with Crippen molar-refractivity contribution in [2.45, 2.75) is 68.7 Å². The summed E-state index contributed by atoms with van der Waals surface area (Å²) >= 11 is 6.11. The van der Waals surface area contributed by atoms with Gasteiger partial charge in [0.25, 0.3) is 0 Å². The first-order chi connectivity index (χ1) is 19.1. The SMILES string of the molecule is CCc1cc(-c2ccc(CS(=O)(=O)c3cnccc3Cl)nc2C)cc2cnc(NC3CCC(N(C)C)CC3)nc12. The number of hydrogen-bond donors (Lipinski definition) is 1. The van der Waals surface area contributed by atoms with Crippen molar-refractivity contribution in [3.8, 4) is 11.1 Å². The van der Waals surface area contributed by atoms with Crippen molar-refractivity contribution >= 4 is 38.3 Å². The molecule has 40 heavy (non-hydrogen) atoms. The highest BCUT2D eigenvalue weighted by molar-refractivity contribution is 7.90. The third-order valence-electron chi connectivity index (χ3n) is 7.76. The van der Waals surface area contributed by atoms with Crippen molar-refractivity contribution in [3.63, 3.8) is 0 Å². The van der Waals surface area contributed by atoms with Crippen LogP contribution in [0.5, 0.6) is 0 Å². The van der Waals surface area contributed by atoms with E-state index >= 15 is 0 Å². The summed E-state index contributed by atoms with van der Waals surface area (Å²) in [5.74, 6) is 0.429. The Balaban J connectivity index is 1.37. The van der Waals surface area contributed by atoms with Crippen molar-refractivity contribution in [2.75, 3.05) is 19.4 Å². The summed E-state index contributed by atoms with van der Waals surface area (Å²) < 4.78 is 25.9. The Labute approximate surface area is 241 Å². The molecule has 0 atom stereocenters. The fourth-order valence-electron chi connectivity index (χ4n) is 5.50. The second-order valence-electron chi connectivity index (χ2n) is 10.7. The van der Waals surface area contributed by atoms with Crippen LogP contribution in [0.4, 0.5) is 5.95 Å². The predicted molar refractivity (Wildman–Crippen MR) is 160 cm³/mol. The predicted octanol–water partition coefficient (Wildman–Crippen LogP) is 5.87. The molecule has 0 amide bonds. The Bertz CT molecular complexity index is 1640. The molecule has 4 aromatic rings. The molecule has 0 spiro atoms.